The minimum Gasteiger partial charge on any atom is -0.481 e. The van der Waals surface area contributed by atoms with Crippen LogP contribution < -0.4 is 0 Å². The lowest BCUT2D eigenvalue weighted by atomic mass is 10.2. The lowest BCUT2D eigenvalue weighted by molar-refractivity contribution is -0.145. The normalized spacial score (nSPS) is 28.3. The number of amides is 2. The van der Waals surface area contributed by atoms with Gasteiger partial charge in [-0.1, -0.05) is 0 Å². The Hall–Kier alpha value is -1.24. The molecule has 3 atom stereocenters. The molecule has 0 bridgehead atoms. The molecule has 1 saturated heterocycles. The molecule has 0 aromatic heterocycles. The Morgan fingerprint density at radius 2 is 1.90 bits per heavy atom. The highest BCUT2D eigenvalue weighted by atomic mass is 32.2. The first-order valence-corrected chi connectivity index (χ1v) is 8.06. The van der Waals surface area contributed by atoms with Gasteiger partial charge >= 0.3 is 5.97 Å². The molecule has 2 aliphatic rings. The Morgan fingerprint density at radius 3 is 2.40 bits per heavy atom. The summed E-state index contributed by atoms with van der Waals surface area (Å²) in [7, 11) is 0. The van der Waals surface area contributed by atoms with Crippen molar-refractivity contribution in [3.63, 3.8) is 0 Å². The first-order chi connectivity index (χ1) is 9.51. The van der Waals surface area contributed by atoms with E-state index in [0.29, 0.717) is 31.1 Å². The molecule has 2 rings (SSSR count). The van der Waals surface area contributed by atoms with E-state index in [1.165, 1.54) is 0 Å². The number of likely N-dealkylation sites (N-methyl/N-ethyl adjacent to an activating group) is 1. The molecule has 0 aromatic carbocycles. The number of carbonyl (C=O) groups is 3. The topological polar surface area (TPSA) is 77.9 Å². The Balaban J connectivity index is 2.02. The van der Waals surface area contributed by atoms with Crippen LogP contribution in [0.15, 0.2) is 0 Å². The lowest BCUT2D eigenvalue weighted by Crippen LogP contribution is -2.49. The van der Waals surface area contributed by atoms with E-state index >= 15 is 0 Å². The Kier molecular flexibility index (Phi) is 4.57. The standard InChI is InChI=1S/C13H20N2O4S/c1-3-14(4-2)12(17)10-6-20-7-15(10)11(16)8-5-9(8)13(18)19/h8-10H,3-7H2,1-2H3,(H,18,19). The number of aliphatic carboxylic acids is 1. The highest BCUT2D eigenvalue weighted by Crippen LogP contribution is 2.41. The van der Waals surface area contributed by atoms with Crippen LogP contribution in [-0.2, 0) is 14.4 Å². The number of thioether (sulfide) groups is 1. The molecule has 6 nitrogen and oxygen atoms in total. The van der Waals surface area contributed by atoms with Gasteiger partial charge in [0.05, 0.1) is 17.7 Å². The molecule has 2 amide bonds. The number of nitrogens with zero attached hydrogens (tertiary/aromatic N) is 2. The van der Waals surface area contributed by atoms with Gasteiger partial charge in [-0.3, -0.25) is 14.4 Å². The van der Waals surface area contributed by atoms with Crippen LogP contribution in [0, 0.1) is 11.8 Å². The molecular weight excluding hydrogens is 280 g/mol. The summed E-state index contributed by atoms with van der Waals surface area (Å²) >= 11 is 1.55. The Bertz CT molecular complexity index is 425. The maximum Gasteiger partial charge on any atom is 0.307 e. The zero-order chi connectivity index (χ0) is 14.9. The quantitative estimate of drug-likeness (QED) is 0.799. The van der Waals surface area contributed by atoms with Gasteiger partial charge in [0.15, 0.2) is 0 Å². The molecule has 2 fully saturated rings. The SMILES string of the molecule is CCN(CC)C(=O)C1CSCN1C(=O)C1CC1C(=O)O. The molecule has 3 unspecified atom stereocenters. The van der Waals surface area contributed by atoms with Crippen molar-refractivity contribution in [2.75, 3.05) is 24.7 Å². The average Bonchev–Trinajstić information content (AvgIpc) is 3.08. The van der Waals surface area contributed by atoms with Gasteiger partial charge in [-0.15, -0.1) is 11.8 Å². The molecule has 7 heteroatoms. The Labute approximate surface area is 122 Å². The average molecular weight is 300 g/mol. The van der Waals surface area contributed by atoms with Crippen LogP contribution in [0.1, 0.15) is 20.3 Å². The molecule has 1 aliphatic carbocycles. The predicted molar refractivity (Wildman–Crippen MR) is 75.1 cm³/mol. The molecule has 20 heavy (non-hydrogen) atoms. The fourth-order valence-corrected chi connectivity index (χ4v) is 3.72. The number of hydrogen-bond donors (Lipinski definition) is 1. The van der Waals surface area contributed by atoms with Gasteiger partial charge in [0.1, 0.15) is 6.04 Å². The third-order valence-electron chi connectivity index (χ3n) is 3.95. The number of carbonyl (C=O) groups excluding carboxylic acids is 2. The third kappa shape index (κ3) is 2.77. The first-order valence-electron chi connectivity index (χ1n) is 6.91. The van der Waals surface area contributed by atoms with Gasteiger partial charge in [-0.2, -0.15) is 0 Å². The minimum atomic E-state index is -0.915. The van der Waals surface area contributed by atoms with Crippen molar-refractivity contribution in [2.24, 2.45) is 11.8 Å². The van der Waals surface area contributed by atoms with E-state index in [1.807, 2.05) is 13.8 Å². The first kappa shape index (κ1) is 15.2. The summed E-state index contributed by atoms with van der Waals surface area (Å²) in [5.74, 6) is -1.02. The van der Waals surface area contributed by atoms with Crippen molar-refractivity contribution in [3.05, 3.63) is 0 Å². The highest BCUT2D eigenvalue weighted by Gasteiger charge is 2.52. The molecule has 1 N–H and O–H groups in total. The van der Waals surface area contributed by atoms with Crippen molar-refractivity contribution >= 4 is 29.5 Å². The summed E-state index contributed by atoms with van der Waals surface area (Å²) in [4.78, 5) is 38.8. The van der Waals surface area contributed by atoms with Gasteiger partial charge < -0.3 is 14.9 Å². The van der Waals surface area contributed by atoms with Crippen LogP contribution in [0.4, 0.5) is 0 Å². The van der Waals surface area contributed by atoms with Gasteiger partial charge in [0.25, 0.3) is 0 Å². The number of hydrogen-bond acceptors (Lipinski definition) is 4. The molecule has 1 saturated carbocycles. The van der Waals surface area contributed by atoms with Crippen LogP contribution in [0.2, 0.25) is 0 Å². The monoisotopic (exact) mass is 300 g/mol. The maximum atomic E-state index is 12.4. The summed E-state index contributed by atoms with van der Waals surface area (Å²) in [6.07, 6.45) is 0.404. The van der Waals surface area contributed by atoms with Crippen molar-refractivity contribution in [1.29, 1.82) is 0 Å². The Morgan fingerprint density at radius 1 is 1.25 bits per heavy atom. The zero-order valence-electron chi connectivity index (χ0n) is 11.7. The number of carboxylic acid groups (broad SMARTS) is 1. The smallest absolute Gasteiger partial charge is 0.307 e. The molecular formula is C13H20N2O4S. The zero-order valence-corrected chi connectivity index (χ0v) is 12.6. The van der Waals surface area contributed by atoms with Crippen LogP contribution in [-0.4, -0.2) is 63.5 Å². The van der Waals surface area contributed by atoms with Crippen LogP contribution in [0.25, 0.3) is 0 Å². The molecule has 0 aromatic rings. The second-order valence-electron chi connectivity index (χ2n) is 5.12. The summed E-state index contributed by atoms with van der Waals surface area (Å²) in [5, 5.41) is 8.90. The number of rotatable bonds is 5. The number of carboxylic acids is 1. The minimum absolute atomic E-state index is 0.0270. The third-order valence-corrected chi connectivity index (χ3v) is 4.96. The van der Waals surface area contributed by atoms with E-state index in [-0.39, 0.29) is 11.8 Å². The summed E-state index contributed by atoms with van der Waals surface area (Å²) in [5.41, 5.74) is 0. The molecule has 0 spiro atoms. The van der Waals surface area contributed by atoms with Crippen molar-refractivity contribution in [1.82, 2.24) is 9.80 Å². The predicted octanol–water partition coefficient (Wildman–Crippen LogP) is 0.477. The van der Waals surface area contributed by atoms with Crippen molar-refractivity contribution < 1.29 is 19.5 Å². The van der Waals surface area contributed by atoms with Crippen LogP contribution >= 0.6 is 11.8 Å². The van der Waals surface area contributed by atoms with E-state index in [1.54, 1.807) is 21.6 Å². The molecule has 112 valence electrons. The van der Waals surface area contributed by atoms with Gasteiger partial charge in [0, 0.05) is 18.8 Å². The maximum absolute atomic E-state index is 12.4. The second-order valence-corrected chi connectivity index (χ2v) is 6.12. The van der Waals surface area contributed by atoms with E-state index in [2.05, 4.69) is 0 Å². The lowest BCUT2D eigenvalue weighted by Gasteiger charge is -2.28. The molecule has 1 aliphatic heterocycles. The van der Waals surface area contributed by atoms with E-state index in [4.69, 9.17) is 5.11 Å². The highest BCUT2D eigenvalue weighted by molar-refractivity contribution is 7.99. The fourth-order valence-electron chi connectivity index (χ4n) is 2.56. The van der Waals surface area contributed by atoms with Crippen LogP contribution in [0.3, 0.4) is 0 Å². The van der Waals surface area contributed by atoms with Crippen molar-refractivity contribution in [3.8, 4) is 0 Å². The second kappa shape index (κ2) is 6.03. The fraction of sp³-hybridized carbons (Fsp3) is 0.769. The van der Waals surface area contributed by atoms with Crippen LogP contribution in [0.5, 0.6) is 0 Å². The van der Waals surface area contributed by atoms with Gasteiger partial charge in [0.2, 0.25) is 11.8 Å². The van der Waals surface area contributed by atoms with Crippen molar-refractivity contribution in [2.45, 2.75) is 26.3 Å². The summed E-state index contributed by atoms with van der Waals surface area (Å²) < 4.78 is 0. The molecule has 1 heterocycles. The summed E-state index contributed by atoms with van der Waals surface area (Å²) in [6.45, 7) is 5.08. The van der Waals surface area contributed by atoms with E-state index in [9.17, 15) is 14.4 Å². The van der Waals surface area contributed by atoms with Gasteiger partial charge in [-0.05, 0) is 20.3 Å². The molecule has 0 radical (unpaired) electrons. The van der Waals surface area contributed by atoms with E-state index in [0.717, 1.165) is 0 Å². The summed E-state index contributed by atoms with van der Waals surface area (Å²) in [6, 6.07) is -0.428. The largest absolute Gasteiger partial charge is 0.481 e. The van der Waals surface area contributed by atoms with Gasteiger partial charge in [-0.25, -0.2) is 0 Å². The van der Waals surface area contributed by atoms with E-state index < -0.39 is 23.8 Å².